The Hall–Kier alpha value is -1.16. The average Bonchev–Trinajstić information content (AvgIpc) is 3.23. The number of nitrogens with one attached hydrogen (secondary N) is 2. The van der Waals surface area contributed by atoms with Crippen molar-refractivity contribution in [2.45, 2.75) is 39.7 Å². The summed E-state index contributed by atoms with van der Waals surface area (Å²) in [5.74, 6) is 2.31. The van der Waals surface area contributed by atoms with Crippen molar-refractivity contribution in [2.24, 2.45) is 4.99 Å². The standard InChI is InChI=1S/C16H26N6S.HI/c1-4-15-21-20-12-22(15)8-7-18-16(17-5-2)19-10-13(3)14-6-9-23-11-14;/h6,9,11-13H,4-5,7-8,10H2,1-3H3,(H2,17,18,19);1H. The number of aryl methyl sites for hydroxylation is 1. The molecular weight excluding hydrogens is 435 g/mol. The van der Waals surface area contributed by atoms with Gasteiger partial charge < -0.3 is 15.2 Å². The Morgan fingerprint density at radius 3 is 2.88 bits per heavy atom. The van der Waals surface area contributed by atoms with Crippen LogP contribution in [0.5, 0.6) is 0 Å². The van der Waals surface area contributed by atoms with Gasteiger partial charge in [-0.3, -0.25) is 4.99 Å². The van der Waals surface area contributed by atoms with E-state index in [1.165, 1.54) is 5.56 Å². The highest BCUT2D eigenvalue weighted by Crippen LogP contribution is 2.18. The van der Waals surface area contributed by atoms with Gasteiger partial charge in [-0.2, -0.15) is 11.3 Å². The van der Waals surface area contributed by atoms with E-state index >= 15 is 0 Å². The Labute approximate surface area is 165 Å². The Balaban J connectivity index is 0.00000288. The van der Waals surface area contributed by atoms with E-state index in [4.69, 9.17) is 0 Å². The molecule has 8 heteroatoms. The zero-order valence-corrected chi connectivity index (χ0v) is 17.7. The minimum Gasteiger partial charge on any atom is -0.357 e. The predicted octanol–water partition coefficient (Wildman–Crippen LogP) is 2.88. The number of rotatable bonds is 8. The molecule has 24 heavy (non-hydrogen) atoms. The van der Waals surface area contributed by atoms with Crippen LogP contribution in [0, 0.1) is 0 Å². The van der Waals surface area contributed by atoms with E-state index in [-0.39, 0.29) is 24.0 Å². The number of guanidine groups is 1. The average molecular weight is 462 g/mol. The lowest BCUT2D eigenvalue weighted by molar-refractivity contribution is 0.631. The highest BCUT2D eigenvalue weighted by atomic mass is 127. The molecule has 2 N–H and O–H groups in total. The van der Waals surface area contributed by atoms with Gasteiger partial charge in [0, 0.05) is 38.5 Å². The van der Waals surface area contributed by atoms with E-state index in [1.807, 2.05) is 0 Å². The Bertz CT molecular complexity index is 595. The van der Waals surface area contributed by atoms with Crippen molar-refractivity contribution >= 4 is 41.3 Å². The molecule has 0 saturated heterocycles. The first-order chi connectivity index (χ1) is 11.2. The first-order valence-corrected chi connectivity index (χ1v) is 9.09. The summed E-state index contributed by atoms with van der Waals surface area (Å²) in [5.41, 5.74) is 1.35. The van der Waals surface area contributed by atoms with Gasteiger partial charge in [0.05, 0.1) is 0 Å². The molecule has 134 valence electrons. The number of aromatic nitrogens is 3. The molecule has 0 fully saturated rings. The van der Waals surface area contributed by atoms with E-state index in [2.05, 4.69) is 68.0 Å². The molecule has 0 amide bonds. The van der Waals surface area contributed by atoms with Crippen molar-refractivity contribution in [3.05, 3.63) is 34.5 Å². The summed E-state index contributed by atoms with van der Waals surface area (Å²) in [5, 5.41) is 19.0. The van der Waals surface area contributed by atoms with Gasteiger partial charge in [0.1, 0.15) is 12.2 Å². The Kier molecular flexibility index (Phi) is 9.92. The maximum Gasteiger partial charge on any atom is 0.191 e. The van der Waals surface area contributed by atoms with E-state index < -0.39 is 0 Å². The third-order valence-corrected chi connectivity index (χ3v) is 4.34. The highest BCUT2D eigenvalue weighted by Gasteiger charge is 2.06. The molecule has 2 rings (SSSR count). The lowest BCUT2D eigenvalue weighted by Gasteiger charge is -2.13. The van der Waals surface area contributed by atoms with Crippen molar-refractivity contribution in [2.75, 3.05) is 19.6 Å². The van der Waals surface area contributed by atoms with Gasteiger partial charge >= 0.3 is 0 Å². The fourth-order valence-electron chi connectivity index (χ4n) is 2.27. The largest absolute Gasteiger partial charge is 0.357 e. The van der Waals surface area contributed by atoms with Gasteiger partial charge in [-0.1, -0.05) is 13.8 Å². The van der Waals surface area contributed by atoms with Crippen LogP contribution in [0.4, 0.5) is 0 Å². The minimum absolute atomic E-state index is 0. The second-order valence-corrected chi connectivity index (χ2v) is 6.18. The van der Waals surface area contributed by atoms with Crippen molar-refractivity contribution in [1.82, 2.24) is 25.4 Å². The SMILES string of the molecule is CCNC(=NCC(C)c1ccsc1)NCCn1cnnc1CC.I. The lowest BCUT2D eigenvalue weighted by atomic mass is 10.1. The van der Waals surface area contributed by atoms with E-state index in [1.54, 1.807) is 17.7 Å². The summed E-state index contributed by atoms with van der Waals surface area (Å²) in [6.45, 7) is 9.63. The van der Waals surface area contributed by atoms with Crippen molar-refractivity contribution in [3.8, 4) is 0 Å². The Morgan fingerprint density at radius 2 is 2.21 bits per heavy atom. The molecule has 6 nitrogen and oxygen atoms in total. The normalized spacial score (nSPS) is 12.5. The third-order valence-electron chi connectivity index (χ3n) is 3.64. The van der Waals surface area contributed by atoms with Gasteiger partial charge in [-0.05, 0) is 29.3 Å². The van der Waals surface area contributed by atoms with Crippen LogP contribution in [0.25, 0.3) is 0 Å². The zero-order chi connectivity index (χ0) is 16.5. The van der Waals surface area contributed by atoms with Gasteiger partial charge in [0.2, 0.25) is 0 Å². The molecule has 0 radical (unpaired) electrons. The van der Waals surface area contributed by atoms with Gasteiger partial charge in [-0.25, -0.2) is 0 Å². The van der Waals surface area contributed by atoms with Crippen LogP contribution >= 0.6 is 35.3 Å². The van der Waals surface area contributed by atoms with Crippen LogP contribution in [-0.4, -0.2) is 40.4 Å². The molecule has 1 unspecified atom stereocenters. The summed E-state index contributed by atoms with van der Waals surface area (Å²) in [7, 11) is 0. The summed E-state index contributed by atoms with van der Waals surface area (Å²) < 4.78 is 2.07. The van der Waals surface area contributed by atoms with Gasteiger partial charge in [0.15, 0.2) is 5.96 Å². The van der Waals surface area contributed by atoms with E-state index in [0.717, 1.165) is 44.4 Å². The summed E-state index contributed by atoms with van der Waals surface area (Å²) in [6, 6.07) is 2.17. The van der Waals surface area contributed by atoms with Gasteiger partial charge in [0.25, 0.3) is 0 Å². The van der Waals surface area contributed by atoms with Crippen LogP contribution in [-0.2, 0) is 13.0 Å². The van der Waals surface area contributed by atoms with Crippen molar-refractivity contribution < 1.29 is 0 Å². The molecule has 2 heterocycles. The van der Waals surface area contributed by atoms with Crippen molar-refractivity contribution in [3.63, 3.8) is 0 Å². The molecule has 0 aliphatic heterocycles. The maximum absolute atomic E-state index is 4.69. The molecule has 0 aliphatic carbocycles. The molecule has 0 spiro atoms. The van der Waals surface area contributed by atoms with Crippen molar-refractivity contribution in [1.29, 1.82) is 0 Å². The van der Waals surface area contributed by atoms with Crippen LogP contribution in [0.1, 0.15) is 38.1 Å². The fraction of sp³-hybridized carbons (Fsp3) is 0.562. The summed E-state index contributed by atoms with van der Waals surface area (Å²) >= 11 is 1.73. The van der Waals surface area contributed by atoms with Gasteiger partial charge in [-0.15, -0.1) is 34.2 Å². The number of nitrogens with zero attached hydrogens (tertiary/aromatic N) is 4. The Morgan fingerprint density at radius 1 is 1.38 bits per heavy atom. The third kappa shape index (κ3) is 6.39. The molecule has 0 saturated carbocycles. The van der Waals surface area contributed by atoms with Crippen LogP contribution in [0.2, 0.25) is 0 Å². The maximum atomic E-state index is 4.69. The fourth-order valence-corrected chi connectivity index (χ4v) is 3.05. The number of hydrogen-bond acceptors (Lipinski definition) is 4. The first-order valence-electron chi connectivity index (χ1n) is 8.15. The quantitative estimate of drug-likeness (QED) is 0.360. The zero-order valence-electron chi connectivity index (χ0n) is 14.5. The molecule has 0 bridgehead atoms. The van der Waals surface area contributed by atoms with Crippen LogP contribution in [0.3, 0.4) is 0 Å². The minimum atomic E-state index is 0. The number of halogens is 1. The van der Waals surface area contributed by atoms with E-state index in [0.29, 0.717) is 5.92 Å². The topological polar surface area (TPSA) is 67.1 Å². The highest BCUT2D eigenvalue weighted by molar-refractivity contribution is 14.0. The molecular formula is C16H27IN6S. The number of thiophene rings is 1. The second-order valence-electron chi connectivity index (χ2n) is 5.40. The van der Waals surface area contributed by atoms with Crippen LogP contribution in [0.15, 0.2) is 28.1 Å². The molecule has 1 atom stereocenters. The smallest absolute Gasteiger partial charge is 0.191 e. The molecule has 2 aromatic heterocycles. The number of aliphatic imine (C=N–C) groups is 1. The predicted molar refractivity (Wildman–Crippen MR) is 112 cm³/mol. The molecule has 0 aromatic carbocycles. The summed E-state index contributed by atoms with van der Waals surface area (Å²) in [6.07, 6.45) is 2.68. The van der Waals surface area contributed by atoms with Crippen LogP contribution < -0.4 is 10.6 Å². The van der Waals surface area contributed by atoms with E-state index in [9.17, 15) is 0 Å². The second kappa shape index (κ2) is 11.4. The lowest BCUT2D eigenvalue weighted by Crippen LogP contribution is -2.39. The monoisotopic (exact) mass is 462 g/mol. The molecule has 2 aromatic rings. The molecule has 0 aliphatic rings. The number of hydrogen-bond donors (Lipinski definition) is 2. The summed E-state index contributed by atoms with van der Waals surface area (Å²) in [4.78, 5) is 4.69. The first kappa shape index (κ1) is 20.9.